The van der Waals surface area contributed by atoms with Crippen molar-refractivity contribution in [1.29, 1.82) is 0 Å². The van der Waals surface area contributed by atoms with Gasteiger partial charge in [-0.2, -0.15) is 11.3 Å². The number of sulfonamides is 1. The van der Waals surface area contributed by atoms with Crippen molar-refractivity contribution >= 4 is 38.6 Å². The Bertz CT molecular complexity index is 811. The molecule has 6 nitrogen and oxygen atoms in total. The van der Waals surface area contributed by atoms with Crippen LogP contribution in [0.2, 0.25) is 0 Å². The highest BCUT2D eigenvalue weighted by molar-refractivity contribution is 7.91. The van der Waals surface area contributed by atoms with Crippen LogP contribution in [-0.2, 0) is 21.4 Å². The first kappa shape index (κ1) is 20.5. The number of amides is 1. The minimum Gasteiger partial charge on any atom is -0.340 e. The quantitative estimate of drug-likeness (QED) is 0.650. The predicted molar refractivity (Wildman–Crippen MR) is 110 cm³/mol. The lowest BCUT2D eigenvalue weighted by Crippen LogP contribution is -2.48. The zero-order valence-electron chi connectivity index (χ0n) is 15.4. The zero-order chi connectivity index (χ0) is 19.3. The van der Waals surface area contributed by atoms with Crippen LogP contribution in [0.15, 0.2) is 38.5 Å². The molecule has 1 aliphatic rings. The van der Waals surface area contributed by atoms with Gasteiger partial charge in [-0.25, -0.2) is 12.7 Å². The fraction of sp³-hybridized carbons (Fsp3) is 0.500. The molecule has 9 heteroatoms. The minimum atomic E-state index is -3.43. The second-order valence-corrected chi connectivity index (χ2v) is 10.7. The average molecular weight is 428 g/mol. The molecule has 1 amide bonds. The zero-order valence-corrected chi connectivity index (χ0v) is 17.9. The number of thiophene rings is 2. The highest BCUT2D eigenvalue weighted by Crippen LogP contribution is 2.20. The summed E-state index contributed by atoms with van der Waals surface area (Å²) < 4.78 is 26.4. The second-order valence-electron chi connectivity index (χ2n) is 6.65. The number of piperazine rings is 1. The van der Waals surface area contributed by atoms with Crippen molar-refractivity contribution in [3.8, 4) is 0 Å². The van der Waals surface area contributed by atoms with Crippen LogP contribution in [0.5, 0.6) is 0 Å². The standard InChI is InChI=1S/C18H25N3O3S3/c1-19(27(23,24)18-5-3-12-26-18)7-2-4-17(22)21-10-8-20(9-11-21)14-16-6-13-25-15-16/h3,5-6,12-13,15H,2,4,7-11,14H2,1H3. The largest absolute Gasteiger partial charge is 0.340 e. The third-order valence-electron chi connectivity index (χ3n) is 4.73. The summed E-state index contributed by atoms with van der Waals surface area (Å²) in [5, 5.41) is 6.01. The van der Waals surface area contributed by atoms with Gasteiger partial charge in [-0.1, -0.05) is 6.07 Å². The summed E-state index contributed by atoms with van der Waals surface area (Å²) >= 11 is 2.92. The van der Waals surface area contributed by atoms with E-state index in [1.165, 1.54) is 21.2 Å². The lowest BCUT2D eigenvalue weighted by atomic mass is 10.2. The molecule has 3 heterocycles. The van der Waals surface area contributed by atoms with Gasteiger partial charge in [0.05, 0.1) is 0 Å². The summed E-state index contributed by atoms with van der Waals surface area (Å²) in [5.41, 5.74) is 1.33. The highest BCUT2D eigenvalue weighted by Gasteiger charge is 2.23. The van der Waals surface area contributed by atoms with Gasteiger partial charge in [0, 0.05) is 52.7 Å². The SMILES string of the molecule is CN(CCCC(=O)N1CCN(Cc2ccsc2)CC1)S(=O)(=O)c1cccs1. The summed E-state index contributed by atoms with van der Waals surface area (Å²) in [7, 11) is -1.86. The normalized spacial score (nSPS) is 16.1. The van der Waals surface area contributed by atoms with E-state index in [9.17, 15) is 13.2 Å². The molecule has 0 spiro atoms. The number of nitrogens with zero attached hydrogens (tertiary/aromatic N) is 3. The molecule has 0 N–H and O–H groups in total. The summed E-state index contributed by atoms with van der Waals surface area (Å²) in [5.74, 6) is 0.118. The molecule has 0 atom stereocenters. The van der Waals surface area contributed by atoms with E-state index < -0.39 is 10.0 Å². The van der Waals surface area contributed by atoms with Crippen molar-refractivity contribution in [3.05, 3.63) is 39.9 Å². The summed E-state index contributed by atoms with van der Waals surface area (Å²) in [6.07, 6.45) is 0.921. The fourth-order valence-electron chi connectivity index (χ4n) is 3.09. The maximum absolute atomic E-state index is 12.4. The van der Waals surface area contributed by atoms with Crippen molar-refractivity contribution in [1.82, 2.24) is 14.1 Å². The smallest absolute Gasteiger partial charge is 0.252 e. The van der Waals surface area contributed by atoms with Crippen LogP contribution >= 0.6 is 22.7 Å². The van der Waals surface area contributed by atoms with E-state index in [0.29, 0.717) is 23.6 Å². The molecule has 1 aliphatic heterocycles. The molecule has 0 saturated carbocycles. The average Bonchev–Trinajstić information content (AvgIpc) is 3.36. The lowest BCUT2D eigenvalue weighted by molar-refractivity contribution is -0.133. The third kappa shape index (κ3) is 5.39. The van der Waals surface area contributed by atoms with Crippen LogP contribution < -0.4 is 0 Å². The van der Waals surface area contributed by atoms with Gasteiger partial charge in [0.1, 0.15) is 4.21 Å². The van der Waals surface area contributed by atoms with Crippen molar-refractivity contribution in [2.75, 3.05) is 39.8 Å². The molecule has 3 rings (SSSR count). The maximum atomic E-state index is 12.4. The second kappa shape index (κ2) is 9.29. The first-order valence-corrected chi connectivity index (χ1v) is 12.2. The number of hydrogen-bond acceptors (Lipinski definition) is 6. The Balaban J connectivity index is 1.38. The molecule has 0 unspecified atom stereocenters. The molecule has 1 saturated heterocycles. The molecule has 2 aromatic heterocycles. The van der Waals surface area contributed by atoms with Gasteiger partial charge in [0.15, 0.2) is 0 Å². The summed E-state index contributed by atoms with van der Waals surface area (Å²) in [6, 6.07) is 5.48. The van der Waals surface area contributed by atoms with Crippen LogP contribution in [0, 0.1) is 0 Å². The Morgan fingerprint density at radius 2 is 1.96 bits per heavy atom. The first-order chi connectivity index (χ1) is 13.0. The Kier molecular flexibility index (Phi) is 7.04. The number of carbonyl (C=O) groups is 1. The fourth-order valence-corrected chi connectivity index (χ4v) is 6.16. The third-order valence-corrected chi connectivity index (χ3v) is 8.70. The molecular weight excluding hydrogens is 402 g/mol. The number of rotatable bonds is 8. The number of carbonyl (C=O) groups excluding carboxylic acids is 1. The van der Waals surface area contributed by atoms with E-state index in [0.717, 1.165) is 32.7 Å². The topological polar surface area (TPSA) is 60.9 Å². The van der Waals surface area contributed by atoms with Crippen molar-refractivity contribution in [2.45, 2.75) is 23.6 Å². The number of hydrogen-bond donors (Lipinski definition) is 0. The molecule has 0 radical (unpaired) electrons. The molecule has 27 heavy (non-hydrogen) atoms. The summed E-state index contributed by atoms with van der Waals surface area (Å²) in [6.45, 7) is 4.54. The van der Waals surface area contributed by atoms with Gasteiger partial charge in [-0.3, -0.25) is 9.69 Å². The first-order valence-electron chi connectivity index (χ1n) is 8.98. The van der Waals surface area contributed by atoms with Gasteiger partial charge >= 0.3 is 0 Å². The minimum absolute atomic E-state index is 0.118. The van der Waals surface area contributed by atoms with Crippen LogP contribution in [0.3, 0.4) is 0 Å². The van der Waals surface area contributed by atoms with E-state index in [-0.39, 0.29) is 5.91 Å². The van der Waals surface area contributed by atoms with E-state index in [1.54, 1.807) is 35.9 Å². The molecule has 1 fully saturated rings. The monoisotopic (exact) mass is 427 g/mol. The molecular formula is C18H25N3O3S3. The van der Waals surface area contributed by atoms with Crippen LogP contribution in [0.4, 0.5) is 0 Å². The van der Waals surface area contributed by atoms with Crippen molar-refractivity contribution < 1.29 is 13.2 Å². The van der Waals surface area contributed by atoms with Crippen LogP contribution in [-0.4, -0.2) is 68.2 Å². The lowest BCUT2D eigenvalue weighted by Gasteiger charge is -2.34. The molecule has 0 aromatic carbocycles. The van der Waals surface area contributed by atoms with E-state index >= 15 is 0 Å². The van der Waals surface area contributed by atoms with Crippen molar-refractivity contribution in [2.24, 2.45) is 0 Å². The van der Waals surface area contributed by atoms with Crippen LogP contribution in [0.1, 0.15) is 18.4 Å². The Hall–Kier alpha value is -1.26. The molecule has 148 valence electrons. The Labute approximate surface area is 169 Å². The van der Waals surface area contributed by atoms with E-state index in [4.69, 9.17) is 0 Å². The molecule has 0 aliphatic carbocycles. The van der Waals surface area contributed by atoms with E-state index in [1.807, 2.05) is 4.90 Å². The van der Waals surface area contributed by atoms with Gasteiger partial charge in [-0.15, -0.1) is 11.3 Å². The molecule has 2 aromatic rings. The van der Waals surface area contributed by atoms with Crippen LogP contribution in [0.25, 0.3) is 0 Å². The van der Waals surface area contributed by atoms with Gasteiger partial charge in [0.25, 0.3) is 10.0 Å². The molecule has 0 bridgehead atoms. The van der Waals surface area contributed by atoms with Gasteiger partial charge in [-0.05, 0) is 40.3 Å². The van der Waals surface area contributed by atoms with Gasteiger partial charge in [0.2, 0.25) is 5.91 Å². The Morgan fingerprint density at radius 1 is 1.19 bits per heavy atom. The Morgan fingerprint density at radius 3 is 2.59 bits per heavy atom. The van der Waals surface area contributed by atoms with Crippen molar-refractivity contribution in [3.63, 3.8) is 0 Å². The van der Waals surface area contributed by atoms with E-state index in [2.05, 4.69) is 21.7 Å². The summed E-state index contributed by atoms with van der Waals surface area (Å²) in [4.78, 5) is 16.7. The predicted octanol–water partition coefficient (Wildman–Crippen LogP) is 2.55. The van der Waals surface area contributed by atoms with Gasteiger partial charge < -0.3 is 4.90 Å². The highest BCUT2D eigenvalue weighted by atomic mass is 32.2. The maximum Gasteiger partial charge on any atom is 0.252 e.